The van der Waals surface area contributed by atoms with Crippen LogP contribution in [0, 0.1) is 0 Å². The minimum Gasteiger partial charge on any atom is -0.497 e. The summed E-state index contributed by atoms with van der Waals surface area (Å²) in [6, 6.07) is 15.2. The molecule has 6 nitrogen and oxygen atoms in total. The van der Waals surface area contributed by atoms with Gasteiger partial charge in [-0.15, -0.1) is 0 Å². The molecule has 0 aliphatic heterocycles. The highest BCUT2D eigenvalue weighted by Gasteiger charge is 2.10. The average molecular weight is 385 g/mol. The van der Waals surface area contributed by atoms with E-state index in [-0.39, 0.29) is 24.7 Å². The molecule has 2 aromatic rings. The summed E-state index contributed by atoms with van der Waals surface area (Å²) in [4.78, 5) is 23.9. The van der Waals surface area contributed by atoms with E-state index in [1.54, 1.807) is 25.3 Å². The summed E-state index contributed by atoms with van der Waals surface area (Å²) < 4.78 is 15.6. The van der Waals surface area contributed by atoms with E-state index in [1.165, 1.54) is 12.7 Å². The van der Waals surface area contributed by atoms with Gasteiger partial charge in [0.15, 0.2) is 0 Å². The SMILES string of the molecule is COc1ccc(OC)c(NC(=O)CCCC(=O)OCCCc2ccccc2)c1. The van der Waals surface area contributed by atoms with Crippen molar-refractivity contribution in [1.82, 2.24) is 0 Å². The molecule has 1 N–H and O–H groups in total. The van der Waals surface area contributed by atoms with Crippen LogP contribution in [0.1, 0.15) is 31.2 Å². The number of hydrogen-bond acceptors (Lipinski definition) is 5. The molecule has 150 valence electrons. The quantitative estimate of drug-likeness (QED) is 0.468. The molecule has 0 saturated heterocycles. The standard InChI is InChI=1S/C22H27NO5/c1-26-18-13-14-20(27-2)19(16-18)23-21(24)11-6-12-22(25)28-15-7-10-17-8-4-3-5-9-17/h3-5,8-9,13-14,16H,6-7,10-12,15H2,1-2H3,(H,23,24). The highest BCUT2D eigenvalue weighted by molar-refractivity contribution is 5.92. The van der Waals surface area contributed by atoms with Gasteiger partial charge in [0, 0.05) is 18.9 Å². The van der Waals surface area contributed by atoms with Crippen molar-refractivity contribution in [3.05, 3.63) is 54.1 Å². The maximum absolute atomic E-state index is 12.1. The summed E-state index contributed by atoms with van der Waals surface area (Å²) in [7, 11) is 3.09. The summed E-state index contributed by atoms with van der Waals surface area (Å²) in [5, 5.41) is 2.78. The van der Waals surface area contributed by atoms with Gasteiger partial charge >= 0.3 is 5.97 Å². The normalized spacial score (nSPS) is 10.2. The first kappa shape index (κ1) is 21.3. The van der Waals surface area contributed by atoms with Crippen LogP contribution in [-0.2, 0) is 20.7 Å². The molecule has 1 amide bonds. The van der Waals surface area contributed by atoms with E-state index < -0.39 is 0 Å². The second-order valence-electron chi connectivity index (χ2n) is 6.28. The van der Waals surface area contributed by atoms with Crippen molar-refractivity contribution in [2.24, 2.45) is 0 Å². The van der Waals surface area contributed by atoms with Crippen molar-refractivity contribution < 1.29 is 23.8 Å². The predicted molar refractivity (Wildman–Crippen MR) is 108 cm³/mol. The molecular formula is C22H27NO5. The smallest absolute Gasteiger partial charge is 0.305 e. The average Bonchev–Trinajstić information content (AvgIpc) is 2.72. The van der Waals surface area contributed by atoms with Gasteiger partial charge in [-0.3, -0.25) is 9.59 Å². The maximum Gasteiger partial charge on any atom is 0.305 e. The molecule has 0 radical (unpaired) electrons. The zero-order valence-corrected chi connectivity index (χ0v) is 16.4. The summed E-state index contributed by atoms with van der Waals surface area (Å²) in [5.41, 5.74) is 1.76. The molecule has 0 aliphatic carbocycles. The predicted octanol–water partition coefficient (Wildman–Crippen LogP) is 3.99. The first-order valence-corrected chi connectivity index (χ1v) is 9.34. The van der Waals surface area contributed by atoms with Gasteiger partial charge in [-0.2, -0.15) is 0 Å². The first-order valence-electron chi connectivity index (χ1n) is 9.34. The molecule has 6 heteroatoms. The Morgan fingerprint density at radius 3 is 2.43 bits per heavy atom. The van der Waals surface area contributed by atoms with Crippen LogP contribution in [0.3, 0.4) is 0 Å². The molecule has 0 spiro atoms. The van der Waals surface area contributed by atoms with Gasteiger partial charge in [-0.25, -0.2) is 0 Å². The minimum absolute atomic E-state index is 0.191. The minimum atomic E-state index is -0.278. The van der Waals surface area contributed by atoms with E-state index >= 15 is 0 Å². The molecule has 0 heterocycles. The third-order valence-electron chi connectivity index (χ3n) is 4.18. The number of carbonyl (C=O) groups is 2. The summed E-state index contributed by atoms with van der Waals surface area (Å²) >= 11 is 0. The zero-order valence-electron chi connectivity index (χ0n) is 16.4. The molecular weight excluding hydrogens is 358 g/mol. The second-order valence-corrected chi connectivity index (χ2v) is 6.28. The van der Waals surface area contributed by atoms with Crippen LogP contribution in [-0.4, -0.2) is 32.7 Å². The largest absolute Gasteiger partial charge is 0.497 e. The van der Waals surface area contributed by atoms with E-state index in [0.29, 0.717) is 30.2 Å². The van der Waals surface area contributed by atoms with E-state index in [4.69, 9.17) is 14.2 Å². The third kappa shape index (κ3) is 7.31. The Morgan fingerprint density at radius 1 is 0.929 bits per heavy atom. The Morgan fingerprint density at radius 2 is 1.71 bits per heavy atom. The Hall–Kier alpha value is -3.02. The molecule has 0 atom stereocenters. The molecule has 0 aliphatic rings. The number of benzene rings is 2. The first-order chi connectivity index (χ1) is 13.6. The van der Waals surface area contributed by atoms with Crippen LogP contribution in [0.25, 0.3) is 0 Å². The lowest BCUT2D eigenvalue weighted by atomic mass is 10.1. The van der Waals surface area contributed by atoms with Crippen molar-refractivity contribution in [2.45, 2.75) is 32.1 Å². The van der Waals surface area contributed by atoms with Gasteiger partial charge < -0.3 is 19.5 Å². The van der Waals surface area contributed by atoms with Crippen molar-refractivity contribution in [1.29, 1.82) is 0 Å². The summed E-state index contributed by atoms with van der Waals surface area (Å²) in [6.07, 6.45) is 2.52. The highest BCUT2D eigenvalue weighted by Crippen LogP contribution is 2.29. The van der Waals surface area contributed by atoms with E-state index in [9.17, 15) is 9.59 Å². The van der Waals surface area contributed by atoms with E-state index in [2.05, 4.69) is 17.4 Å². The number of methoxy groups -OCH3 is 2. The van der Waals surface area contributed by atoms with Crippen molar-refractivity contribution in [2.75, 3.05) is 26.1 Å². The number of carbonyl (C=O) groups excluding carboxylic acids is 2. The van der Waals surface area contributed by atoms with Gasteiger partial charge in [0.05, 0.1) is 26.5 Å². The number of aryl methyl sites for hydroxylation is 1. The third-order valence-corrected chi connectivity index (χ3v) is 4.18. The van der Waals surface area contributed by atoms with Gasteiger partial charge in [-0.1, -0.05) is 30.3 Å². The number of nitrogens with one attached hydrogen (secondary N) is 1. The second kappa shape index (κ2) is 11.6. The van der Waals surface area contributed by atoms with E-state index in [1.807, 2.05) is 18.2 Å². The van der Waals surface area contributed by atoms with Gasteiger partial charge in [0.25, 0.3) is 0 Å². The lowest BCUT2D eigenvalue weighted by molar-refractivity contribution is -0.143. The van der Waals surface area contributed by atoms with Crippen molar-refractivity contribution >= 4 is 17.6 Å². The lowest BCUT2D eigenvalue weighted by Gasteiger charge is -2.11. The topological polar surface area (TPSA) is 73.9 Å². The van der Waals surface area contributed by atoms with Crippen LogP contribution in [0.5, 0.6) is 11.5 Å². The Bertz CT molecular complexity index is 761. The number of rotatable bonds is 11. The zero-order chi connectivity index (χ0) is 20.2. The lowest BCUT2D eigenvalue weighted by Crippen LogP contribution is -2.13. The number of anilines is 1. The molecule has 0 fully saturated rings. The molecule has 2 rings (SSSR count). The number of hydrogen-bond donors (Lipinski definition) is 1. The number of amides is 1. The van der Waals surface area contributed by atoms with Crippen LogP contribution < -0.4 is 14.8 Å². The molecule has 2 aromatic carbocycles. The summed E-state index contributed by atoms with van der Waals surface area (Å²) in [6.45, 7) is 0.390. The van der Waals surface area contributed by atoms with Gasteiger partial charge in [-0.05, 0) is 37.0 Å². The van der Waals surface area contributed by atoms with Crippen LogP contribution >= 0.6 is 0 Å². The molecule has 28 heavy (non-hydrogen) atoms. The Labute approximate surface area is 165 Å². The highest BCUT2D eigenvalue weighted by atomic mass is 16.5. The monoisotopic (exact) mass is 385 g/mol. The fourth-order valence-corrected chi connectivity index (χ4v) is 2.70. The van der Waals surface area contributed by atoms with Gasteiger partial charge in [0.2, 0.25) is 5.91 Å². The van der Waals surface area contributed by atoms with Crippen LogP contribution in [0.2, 0.25) is 0 Å². The molecule has 0 bridgehead atoms. The molecule has 0 unspecified atom stereocenters. The van der Waals surface area contributed by atoms with Crippen molar-refractivity contribution in [3.8, 4) is 11.5 Å². The van der Waals surface area contributed by atoms with Gasteiger partial charge in [0.1, 0.15) is 11.5 Å². The Kier molecular flexibility index (Phi) is 8.85. The van der Waals surface area contributed by atoms with Crippen LogP contribution in [0.15, 0.2) is 48.5 Å². The molecule has 0 saturated carbocycles. The fraction of sp³-hybridized carbons (Fsp3) is 0.364. The maximum atomic E-state index is 12.1. The molecule has 0 aromatic heterocycles. The Balaban J connectivity index is 1.64. The van der Waals surface area contributed by atoms with Crippen LogP contribution in [0.4, 0.5) is 5.69 Å². The van der Waals surface area contributed by atoms with E-state index in [0.717, 1.165) is 12.8 Å². The van der Waals surface area contributed by atoms with Crippen molar-refractivity contribution in [3.63, 3.8) is 0 Å². The number of ether oxygens (including phenoxy) is 3. The number of esters is 1. The fourth-order valence-electron chi connectivity index (χ4n) is 2.70. The summed E-state index contributed by atoms with van der Waals surface area (Å²) in [5.74, 6) is 0.699.